The minimum atomic E-state index is -0.218. The van der Waals surface area contributed by atoms with Gasteiger partial charge in [0.25, 0.3) is 5.91 Å². The van der Waals surface area contributed by atoms with Gasteiger partial charge in [-0.2, -0.15) is 0 Å². The number of hydrogen-bond acceptors (Lipinski definition) is 5. The van der Waals surface area contributed by atoms with Crippen molar-refractivity contribution in [2.75, 3.05) is 36.4 Å². The molecule has 1 saturated heterocycles. The van der Waals surface area contributed by atoms with Gasteiger partial charge in [-0.05, 0) is 42.5 Å². The smallest absolute Gasteiger partial charge is 0.255 e. The van der Waals surface area contributed by atoms with E-state index in [9.17, 15) is 9.59 Å². The molecule has 4 aromatic rings. The highest BCUT2D eigenvalue weighted by atomic mass is 35.5. The van der Waals surface area contributed by atoms with Crippen LogP contribution >= 0.6 is 11.6 Å². The lowest BCUT2D eigenvalue weighted by Gasteiger charge is -2.37. The Bertz CT molecular complexity index is 1350. The molecule has 0 radical (unpaired) electrons. The molecule has 1 N–H and O–H groups in total. The topological polar surface area (TPSA) is 83.4 Å². The van der Waals surface area contributed by atoms with E-state index in [2.05, 4.69) is 20.2 Å². The van der Waals surface area contributed by atoms with Crippen LogP contribution in [0.3, 0.4) is 0 Å². The number of para-hydroxylation sites is 2. The van der Waals surface area contributed by atoms with E-state index in [1.54, 1.807) is 41.4 Å². The number of piperazine rings is 1. The van der Waals surface area contributed by atoms with Gasteiger partial charge in [-0.15, -0.1) is 0 Å². The maximum atomic E-state index is 12.9. The Morgan fingerprint density at radius 1 is 0.941 bits per heavy atom. The summed E-state index contributed by atoms with van der Waals surface area (Å²) in [7, 11) is 0. The molecule has 1 aliphatic rings. The van der Waals surface area contributed by atoms with Crippen molar-refractivity contribution in [2.45, 2.75) is 6.54 Å². The summed E-state index contributed by atoms with van der Waals surface area (Å²) >= 11 is 6.03. The number of benzene rings is 2. The first-order valence-corrected chi connectivity index (χ1v) is 11.4. The largest absolute Gasteiger partial charge is 0.366 e. The molecule has 1 fully saturated rings. The molecule has 5 rings (SSSR count). The summed E-state index contributed by atoms with van der Waals surface area (Å²) in [4.78, 5) is 38.3. The number of imidazole rings is 1. The molecule has 2 aromatic heterocycles. The molecule has 0 atom stereocenters. The molecule has 0 saturated carbocycles. The summed E-state index contributed by atoms with van der Waals surface area (Å²) in [6.45, 7) is 2.72. The SMILES string of the molecule is O=C(Nc1ccccc1N1CCN(C(=O)Cn2cnc3cccnc32)CC1)c1cccc(Cl)c1. The first-order valence-electron chi connectivity index (χ1n) is 11.0. The number of aromatic nitrogens is 3. The number of nitrogens with one attached hydrogen (secondary N) is 1. The second kappa shape index (κ2) is 9.52. The Balaban J connectivity index is 1.23. The third-order valence-electron chi connectivity index (χ3n) is 5.89. The lowest BCUT2D eigenvalue weighted by atomic mass is 10.1. The van der Waals surface area contributed by atoms with Crippen molar-refractivity contribution < 1.29 is 9.59 Å². The van der Waals surface area contributed by atoms with E-state index in [1.807, 2.05) is 41.3 Å². The first-order chi connectivity index (χ1) is 16.6. The molecule has 1 aliphatic heterocycles. The number of rotatable bonds is 5. The number of amides is 2. The fraction of sp³-hybridized carbons (Fsp3) is 0.200. The summed E-state index contributed by atoms with van der Waals surface area (Å²) < 4.78 is 1.78. The van der Waals surface area contributed by atoms with Gasteiger partial charge < -0.3 is 19.7 Å². The van der Waals surface area contributed by atoms with E-state index in [-0.39, 0.29) is 18.4 Å². The molecule has 3 heterocycles. The molecule has 8 nitrogen and oxygen atoms in total. The predicted molar refractivity (Wildman–Crippen MR) is 132 cm³/mol. The van der Waals surface area contributed by atoms with E-state index in [0.29, 0.717) is 42.4 Å². The van der Waals surface area contributed by atoms with Gasteiger partial charge in [-0.25, -0.2) is 9.97 Å². The molecule has 0 spiro atoms. The van der Waals surface area contributed by atoms with Crippen molar-refractivity contribution in [1.29, 1.82) is 0 Å². The molecule has 2 amide bonds. The molecule has 2 aromatic carbocycles. The van der Waals surface area contributed by atoms with E-state index < -0.39 is 0 Å². The van der Waals surface area contributed by atoms with E-state index in [1.165, 1.54) is 0 Å². The van der Waals surface area contributed by atoms with Crippen LogP contribution in [0.15, 0.2) is 73.2 Å². The zero-order chi connectivity index (χ0) is 23.5. The average Bonchev–Trinajstić information content (AvgIpc) is 3.27. The zero-order valence-electron chi connectivity index (χ0n) is 18.4. The number of pyridine rings is 1. The second-order valence-corrected chi connectivity index (χ2v) is 8.50. The van der Waals surface area contributed by atoms with Crippen molar-refractivity contribution in [1.82, 2.24) is 19.4 Å². The van der Waals surface area contributed by atoms with Gasteiger partial charge in [0.15, 0.2) is 5.65 Å². The third-order valence-corrected chi connectivity index (χ3v) is 6.13. The molecular weight excluding hydrogens is 452 g/mol. The van der Waals surface area contributed by atoms with Gasteiger partial charge in [0, 0.05) is 43.0 Å². The Morgan fingerprint density at radius 3 is 2.59 bits per heavy atom. The third kappa shape index (κ3) is 4.58. The van der Waals surface area contributed by atoms with Crippen LogP contribution in [0.25, 0.3) is 11.2 Å². The molecular formula is C25H23ClN6O2. The van der Waals surface area contributed by atoms with Gasteiger partial charge in [-0.3, -0.25) is 9.59 Å². The molecule has 9 heteroatoms. The molecule has 0 aliphatic carbocycles. The van der Waals surface area contributed by atoms with E-state index in [4.69, 9.17) is 11.6 Å². The molecule has 0 bridgehead atoms. The summed E-state index contributed by atoms with van der Waals surface area (Å²) in [6, 6.07) is 18.3. The summed E-state index contributed by atoms with van der Waals surface area (Å²) in [5, 5.41) is 3.51. The van der Waals surface area contributed by atoms with Gasteiger partial charge in [-0.1, -0.05) is 29.8 Å². The van der Waals surface area contributed by atoms with Crippen LogP contribution in [0.4, 0.5) is 11.4 Å². The zero-order valence-corrected chi connectivity index (χ0v) is 19.2. The number of carbonyl (C=O) groups is 2. The summed E-state index contributed by atoms with van der Waals surface area (Å²) in [6.07, 6.45) is 3.36. The van der Waals surface area contributed by atoms with Crippen molar-refractivity contribution in [3.63, 3.8) is 0 Å². The van der Waals surface area contributed by atoms with Crippen LogP contribution in [0.2, 0.25) is 5.02 Å². The fourth-order valence-electron chi connectivity index (χ4n) is 4.13. The lowest BCUT2D eigenvalue weighted by molar-refractivity contribution is -0.132. The molecule has 0 unspecified atom stereocenters. The normalized spacial score (nSPS) is 13.8. The Morgan fingerprint density at radius 2 is 1.76 bits per heavy atom. The van der Waals surface area contributed by atoms with E-state index >= 15 is 0 Å². The molecule has 172 valence electrons. The molecule has 34 heavy (non-hydrogen) atoms. The van der Waals surface area contributed by atoms with Crippen LogP contribution < -0.4 is 10.2 Å². The van der Waals surface area contributed by atoms with Crippen LogP contribution in [0.1, 0.15) is 10.4 Å². The van der Waals surface area contributed by atoms with Crippen LogP contribution in [-0.2, 0) is 11.3 Å². The summed E-state index contributed by atoms with van der Waals surface area (Å²) in [5.41, 5.74) is 3.63. The van der Waals surface area contributed by atoms with Crippen molar-refractivity contribution in [3.8, 4) is 0 Å². The van der Waals surface area contributed by atoms with Crippen LogP contribution in [-0.4, -0.2) is 57.4 Å². The first kappa shape index (κ1) is 21.9. The minimum Gasteiger partial charge on any atom is -0.366 e. The maximum absolute atomic E-state index is 12.9. The maximum Gasteiger partial charge on any atom is 0.255 e. The monoisotopic (exact) mass is 474 g/mol. The van der Waals surface area contributed by atoms with Gasteiger partial charge in [0.05, 0.1) is 17.7 Å². The lowest BCUT2D eigenvalue weighted by Crippen LogP contribution is -2.49. The number of fused-ring (bicyclic) bond motifs is 1. The fourth-order valence-corrected chi connectivity index (χ4v) is 4.32. The quantitative estimate of drug-likeness (QED) is 0.477. The number of hydrogen-bond donors (Lipinski definition) is 1. The van der Waals surface area contributed by atoms with Gasteiger partial charge >= 0.3 is 0 Å². The van der Waals surface area contributed by atoms with E-state index in [0.717, 1.165) is 16.9 Å². The highest BCUT2D eigenvalue weighted by Crippen LogP contribution is 2.27. The van der Waals surface area contributed by atoms with Crippen molar-refractivity contribution in [2.24, 2.45) is 0 Å². The Hall–Kier alpha value is -3.91. The number of nitrogens with zero attached hydrogens (tertiary/aromatic N) is 5. The van der Waals surface area contributed by atoms with Crippen LogP contribution in [0.5, 0.6) is 0 Å². The van der Waals surface area contributed by atoms with Crippen molar-refractivity contribution >= 4 is 46.0 Å². The van der Waals surface area contributed by atoms with Gasteiger partial charge in [0.1, 0.15) is 12.1 Å². The Labute approximate surface area is 201 Å². The highest BCUT2D eigenvalue weighted by molar-refractivity contribution is 6.31. The standard InChI is InChI=1S/C25H23ClN6O2/c26-19-6-3-5-18(15-19)25(34)29-20-7-1-2-9-22(20)30-11-13-31(14-12-30)23(33)16-32-17-28-21-8-4-10-27-24(21)32/h1-10,15,17H,11-14,16H2,(H,29,34). The number of halogens is 1. The van der Waals surface area contributed by atoms with Gasteiger partial charge in [0.2, 0.25) is 5.91 Å². The average molecular weight is 475 g/mol. The van der Waals surface area contributed by atoms with Crippen molar-refractivity contribution in [3.05, 3.63) is 83.8 Å². The number of carbonyl (C=O) groups excluding carboxylic acids is 2. The predicted octanol–water partition coefficient (Wildman–Crippen LogP) is 3.69. The second-order valence-electron chi connectivity index (χ2n) is 8.07. The minimum absolute atomic E-state index is 0.0344. The Kier molecular flexibility index (Phi) is 6.14. The van der Waals surface area contributed by atoms with Crippen LogP contribution in [0, 0.1) is 0 Å². The number of anilines is 2. The highest BCUT2D eigenvalue weighted by Gasteiger charge is 2.23. The summed E-state index contributed by atoms with van der Waals surface area (Å²) in [5.74, 6) is -0.183.